The molecule has 4 rings (SSSR count). The van der Waals surface area contributed by atoms with Crippen LogP contribution < -0.4 is 10.2 Å². The van der Waals surface area contributed by atoms with Crippen LogP contribution in [0.4, 0.5) is 11.4 Å². The average molecular weight is 259 g/mol. The van der Waals surface area contributed by atoms with E-state index in [4.69, 9.17) is 0 Å². The Kier molecular flexibility index (Phi) is 2.55. The number of nitrogens with one attached hydrogen (secondary N) is 1. The molecule has 0 atom stereocenters. The Morgan fingerprint density at radius 3 is 2.50 bits per heavy atom. The maximum Gasteiger partial charge on any atom is 0.0743 e. The van der Waals surface area contributed by atoms with Crippen molar-refractivity contribution in [3.05, 3.63) is 40.6 Å². The summed E-state index contributed by atoms with van der Waals surface area (Å²) in [5, 5.41) is 3.51. The first kappa shape index (κ1) is 11.5. The van der Waals surface area contributed by atoms with Crippen LogP contribution >= 0.6 is 11.8 Å². The molecule has 0 unspecified atom stereocenters. The van der Waals surface area contributed by atoms with Crippen LogP contribution in [0.1, 0.15) is 0 Å². The van der Waals surface area contributed by atoms with E-state index in [1.54, 1.807) is 0 Å². The summed E-state index contributed by atoms with van der Waals surface area (Å²) in [6, 6.07) is 6.55. The van der Waals surface area contributed by atoms with E-state index in [9.17, 15) is 0 Å². The molecule has 1 aromatic carbocycles. The highest BCUT2D eigenvalue weighted by Gasteiger charge is 2.27. The molecular weight excluding hydrogens is 242 g/mol. The summed E-state index contributed by atoms with van der Waals surface area (Å²) in [4.78, 5) is 6.94. The third kappa shape index (κ3) is 1.68. The van der Waals surface area contributed by atoms with E-state index >= 15 is 0 Å². The van der Waals surface area contributed by atoms with E-state index in [0.29, 0.717) is 0 Å². The summed E-state index contributed by atoms with van der Waals surface area (Å²) in [5.74, 6) is 0. The standard InChI is InChI=1S/C14H17N3S/c1-16(2)9-5-6-10-12(7-9)18-13-8-11(15-10)14(13)17(3)4/h5-8,15H,1-4H3. The summed E-state index contributed by atoms with van der Waals surface area (Å²) in [6.45, 7) is 0. The molecule has 4 heteroatoms. The number of benzene rings is 1. The zero-order valence-corrected chi connectivity index (χ0v) is 11.9. The number of rotatable bonds is 2. The predicted octanol–water partition coefficient (Wildman–Crippen LogP) is 2.94. The van der Waals surface area contributed by atoms with Crippen molar-refractivity contribution in [2.24, 2.45) is 0 Å². The number of nitrogens with zero attached hydrogens (tertiary/aromatic N) is 2. The fourth-order valence-electron chi connectivity index (χ4n) is 2.20. The molecule has 1 aromatic rings. The maximum absolute atomic E-state index is 3.51. The molecule has 3 aliphatic rings. The van der Waals surface area contributed by atoms with Crippen molar-refractivity contribution >= 4 is 23.1 Å². The van der Waals surface area contributed by atoms with E-state index in [2.05, 4.69) is 67.6 Å². The van der Waals surface area contributed by atoms with Gasteiger partial charge in [0.15, 0.2) is 0 Å². The molecule has 2 bridgehead atoms. The first-order chi connectivity index (χ1) is 8.56. The summed E-state index contributed by atoms with van der Waals surface area (Å²) >= 11 is 1.84. The Labute approximate surface area is 112 Å². The lowest BCUT2D eigenvalue weighted by Gasteiger charge is -2.27. The van der Waals surface area contributed by atoms with Crippen molar-refractivity contribution in [2.45, 2.75) is 4.90 Å². The Balaban J connectivity index is 1.98. The minimum absolute atomic E-state index is 1.20. The van der Waals surface area contributed by atoms with Crippen LogP contribution in [0.2, 0.25) is 0 Å². The smallest absolute Gasteiger partial charge is 0.0743 e. The Morgan fingerprint density at radius 1 is 1.06 bits per heavy atom. The molecule has 94 valence electrons. The summed E-state index contributed by atoms with van der Waals surface area (Å²) in [5.41, 5.74) is 4.96. The molecule has 18 heavy (non-hydrogen) atoms. The Hall–Kier alpha value is -1.55. The lowest BCUT2D eigenvalue weighted by Crippen LogP contribution is -2.22. The van der Waals surface area contributed by atoms with Gasteiger partial charge in [-0.1, -0.05) is 11.8 Å². The first-order valence-electron chi connectivity index (χ1n) is 5.96. The van der Waals surface area contributed by atoms with Gasteiger partial charge in [0.25, 0.3) is 0 Å². The number of likely N-dealkylation sites (N-methyl/N-ethyl adjacent to an activating group) is 1. The lowest BCUT2D eigenvalue weighted by molar-refractivity contribution is 0.515. The number of hydrogen-bond donors (Lipinski definition) is 1. The predicted molar refractivity (Wildman–Crippen MR) is 79.0 cm³/mol. The molecule has 2 heterocycles. The molecule has 2 aliphatic heterocycles. The molecule has 1 aliphatic carbocycles. The third-order valence-electron chi connectivity index (χ3n) is 3.18. The minimum Gasteiger partial charge on any atom is -0.378 e. The monoisotopic (exact) mass is 259 g/mol. The fraction of sp³-hybridized carbons (Fsp3) is 0.286. The molecule has 0 saturated heterocycles. The van der Waals surface area contributed by atoms with Crippen molar-refractivity contribution in [3.63, 3.8) is 0 Å². The molecule has 3 nitrogen and oxygen atoms in total. The second kappa shape index (κ2) is 3.99. The maximum atomic E-state index is 3.51. The molecule has 0 spiro atoms. The van der Waals surface area contributed by atoms with E-state index in [1.807, 2.05) is 11.8 Å². The van der Waals surface area contributed by atoms with Crippen molar-refractivity contribution in [1.82, 2.24) is 4.90 Å². The van der Waals surface area contributed by atoms with Crippen molar-refractivity contribution in [2.75, 3.05) is 38.4 Å². The van der Waals surface area contributed by atoms with E-state index in [1.165, 1.54) is 32.6 Å². The van der Waals surface area contributed by atoms with E-state index < -0.39 is 0 Å². The van der Waals surface area contributed by atoms with Crippen LogP contribution in [-0.2, 0) is 0 Å². The molecular formula is C14H17N3S. The Morgan fingerprint density at radius 2 is 1.83 bits per heavy atom. The lowest BCUT2D eigenvalue weighted by atomic mass is 10.1. The topological polar surface area (TPSA) is 18.5 Å². The molecule has 0 aromatic heterocycles. The van der Waals surface area contributed by atoms with Crippen LogP contribution in [0.25, 0.3) is 0 Å². The molecule has 0 amide bonds. The second-order valence-electron chi connectivity index (χ2n) is 4.97. The number of hydrogen-bond acceptors (Lipinski definition) is 4. The van der Waals surface area contributed by atoms with Crippen molar-refractivity contribution in [1.29, 1.82) is 0 Å². The number of anilines is 2. The van der Waals surface area contributed by atoms with Crippen molar-refractivity contribution < 1.29 is 0 Å². The minimum atomic E-state index is 1.20. The number of allylic oxidation sites excluding steroid dienone is 1. The van der Waals surface area contributed by atoms with Gasteiger partial charge in [-0.3, -0.25) is 0 Å². The van der Waals surface area contributed by atoms with Gasteiger partial charge < -0.3 is 15.1 Å². The second-order valence-corrected chi connectivity index (χ2v) is 6.05. The number of thioether (sulfide) groups is 1. The highest BCUT2D eigenvalue weighted by Crippen LogP contribution is 2.47. The first-order valence-corrected chi connectivity index (χ1v) is 6.78. The van der Waals surface area contributed by atoms with E-state index in [0.717, 1.165) is 0 Å². The van der Waals surface area contributed by atoms with Crippen LogP contribution in [0.3, 0.4) is 0 Å². The molecule has 1 N–H and O–H groups in total. The van der Waals surface area contributed by atoms with Gasteiger partial charge >= 0.3 is 0 Å². The van der Waals surface area contributed by atoms with Gasteiger partial charge in [0.05, 0.1) is 17.1 Å². The Bertz CT molecular complexity index is 570. The molecule has 0 radical (unpaired) electrons. The highest BCUT2D eigenvalue weighted by molar-refractivity contribution is 8.03. The summed E-state index contributed by atoms with van der Waals surface area (Å²) in [7, 11) is 8.32. The van der Waals surface area contributed by atoms with Gasteiger partial charge in [0.2, 0.25) is 0 Å². The zero-order chi connectivity index (χ0) is 12.9. The van der Waals surface area contributed by atoms with Crippen molar-refractivity contribution in [3.8, 4) is 0 Å². The van der Waals surface area contributed by atoms with E-state index in [-0.39, 0.29) is 0 Å². The van der Waals surface area contributed by atoms with Gasteiger partial charge in [-0.15, -0.1) is 0 Å². The normalized spacial score (nSPS) is 16.1. The van der Waals surface area contributed by atoms with Crippen LogP contribution in [-0.4, -0.2) is 33.1 Å². The van der Waals surface area contributed by atoms with Gasteiger partial charge in [-0.05, 0) is 24.3 Å². The van der Waals surface area contributed by atoms with Crippen LogP contribution in [0, 0.1) is 0 Å². The molecule has 0 fully saturated rings. The van der Waals surface area contributed by atoms with Gasteiger partial charge in [0, 0.05) is 43.7 Å². The third-order valence-corrected chi connectivity index (χ3v) is 4.27. The largest absolute Gasteiger partial charge is 0.378 e. The van der Waals surface area contributed by atoms with Gasteiger partial charge in [-0.2, -0.15) is 0 Å². The SMILES string of the molecule is CN(C)C1=C2C=C1Nc1ccc(N(C)C)cc1S2. The fourth-order valence-corrected chi connectivity index (χ4v) is 3.41. The highest BCUT2D eigenvalue weighted by atomic mass is 32.2. The average Bonchev–Trinajstić information content (AvgIpc) is 2.54. The van der Waals surface area contributed by atoms with Gasteiger partial charge in [0.1, 0.15) is 0 Å². The zero-order valence-electron chi connectivity index (χ0n) is 11.1. The van der Waals surface area contributed by atoms with Gasteiger partial charge in [-0.25, -0.2) is 0 Å². The summed E-state index contributed by atoms with van der Waals surface area (Å²) < 4.78 is 0. The molecule has 0 saturated carbocycles. The van der Waals surface area contributed by atoms with Crippen LogP contribution in [0.5, 0.6) is 0 Å². The van der Waals surface area contributed by atoms with Crippen LogP contribution in [0.15, 0.2) is 45.5 Å². The summed E-state index contributed by atoms with van der Waals surface area (Å²) in [6.07, 6.45) is 2.22. The quantitative estimate of drug-likeness (QED) is 0.880.